The number of hydrogen-bond donors (Lipinski definition) is 1. The van der Waals surface area contributed by atoms with Crippen molar-refractivity contribution in [1.29, 1.82) is 0 Å². The van der Waals surface area contributed by atoms with Crippen LogP contribution in [0.3, 0.4) is 0 Å². The summed E-state index contributed by atoms with van der Waals surface area (Å²) in [7, 11) is 0. The lowest BCUT2D eigenvalue weighted by Gasteiger charge is -2.13. The minimum Gasteiger partial charge on any atom is -0.492 e. The predicted octanol–water partition coefficient (Wildman–Crippen LogP) is 4.62. The van der Waals surface area contributed by atoms with Crippen LogP contribution < -0.4 is 10.1 Å². The van der Waals surface area contributed by atoms with Crippen molar-refractivity contribution in [3.63, 3.8) is 0 Å². The first kappa shape index (κ1) is 19.4. The number of hydrogen-bond acceptors (Lipinski definition) is 3. The van der Waals surface area contributed by atoms with Crippen LogP contribution in [0.4, 0.5) is 0 Å². The molecule has 0 saturated carbocycles. The average Bonchev–Trinajstić information content (AvgIpc) is 2.62. The van der Waals surface area contributed by atoms with E-state index < -0.39 is 0 Å². The maximum Gasteiger partial charge on any atom is 0.233 e. The molecule has 4 heteroatoms. The zero-order valence-electron chi connectivity index (χ0n) is 15.2. The van der Waals surface area contributed by atoms with E-state index in [0.717, 1.165) is 23.5 Å². The Bertz CT molecular complexity index is 653. The molecule has 0 aliphatic carbocycles. The molecule has 2 rings (SSSR count). The number of carbonyl (C=O) groups is 1. The number of carbonyl (C=O) groups excluding carboxylic acids is 1. The smallest absolute Gasteiger partial charge is 0.233 e. The van der Waals surface area contributed by atoms with E-state index in [2.05, 4.69) is 55.6 Å². The first-order chi connectivity index (χ1) is 12.1. The molecule has 0 radical (unpaired) electrons. The van der Waals surface area contributed by atoms with Crippen molar-refractivity contribution in [3.05, 3.63) is 59.7 Å². The fraction of sp³-hybridized carbons (Fsp3) is 0.381. The Morgan fingerprint density at radius 1 is 1.12 bits per heavy atom. The fourth-order valence-corrected chi connectivity index (χ4v) is 3.29. The standard InChI is InChI=1S/C21H27NO2S/c1-4-5-18-8-10-19(11-9-18)24-15-14-22-21(23)17(3)25-20-12-6-16(2)7-13-20/h6-13,17H,4-5,14-15H2,1-3H3,(H,22,23). The van der Waals surface area contributed by atoms with Gasteiger partial charge in [0.1, 0.15) is 12.4 Å². The Morgan fingerprint density at radius 2 is 1.80 bits per heavy atom. The van der Waals surface area contributed by atoms with Crippen molar-refractivity contribution in [2.24, 2.45) is 0 Å². The van der Waals surface area contributed by atoms with Crippen LogP contribution in [0, 0.1) is 6.92 Å². The van der Waals surface area contributed by atoms with Crippen LogP contribution in [0.25, 0.3) is 0 Å². The summed E-state index contributed by atoms with van der Waals surface area (Å²) in [6.45, 7) is 7.13. The van der Waals surface area contributed by atoms with E-state index in [1.165, 1.54) is 11.1 Å². The monoisotopic (exact) mass is 357 g/mol. The van der Waals surface area contributed by atoms with Gasteiger partial charge in [-0.2, -0.15) is 0 Å². The van der Waals surface area contributed by atoms with Gasteiger partial charge in [-0.1, -0.05) is 43.2 Å². The molecule has 0 aliphatic heterocycles. The molecule has 0 fully saturated rings. The van der Waals surface area contributed by atoms with E-state index in [-0.39, 0.29) is 11.2 Å². The number of amides is 1. The van der Waals surface area contributed by atoms with Crippen LogP contribution >= 0.6 is 11.8 Å². The molecule has 25 heavy (non-hydrogen) atoms. The van der Waals surface area contributed by atoms with Crippen LogP contribution in [0.5, 0.6) is 5.75 Å². The van der Waals surface area contributed by atoms with E-state index in [4.69, 9.17) is 4.74 Å². The molecule has 0 saturated heterocycles. The predicted molar refractivity (Wildman–Crippen MR) is 105 cm³/mol. The van der Waals surface area contributed by atoms with Crippen LogP contribution in [0.1, 0.15) is 31.4 Å². The molecule has 1 amide bonds. The van der Waals surface area contributed by atoms with Crippen molar-refractivity contribution < 1.29 is 9.53 Å². The van der Waals surface area contributed by atoms with Gasteiger partial charge in [0.25, 0.3) is 0 Å². The lowest BCUT2D eigenvalue weighted by atomic mass is 10.1. The molecular weight excluding hydrogens is 330 g/mol. The normalized spacial score (nSPS) is 11.8. The van der Waals surface area contributed by atoms with Crippen LogP contribution in [-0.2, 0) is 11.2 Å². The number of ether oxygens (including phenoxy) is 1. The van der Waals surface area contributed by atoms with Gasteiger partial charge in [-0.05, 0) is 50.1 Å². The SMILES string of the molecule is CCCc1ccc(OCCNC(=O)C(C)Sc2ccc(C)cc2)cc1. The highest BCUT2D eigenvalue weighted by Gasteiger charge is 2.13. The highest BCUT2D eigenvalue weighted by atomic mass is 32.2. The van der Waals surface area contributed by atoms with Crippen LogP contribution in [0.15, 0.2) is 53.4 Å². The van der Waals surface area contributed by atoms with Gasteiger partial charge in [-0.15, -0.1) is 11.8 Å². The number of rotatable bonds is 9. The van der Waals surface area contributed by atoms with Crippen molar-refractivity contribution in [1.82, 2.24) is 5.32 Å². The molecule has 0 aromatic heterocycles. The zero-order chi connectivity index (χ0) is 18.1. The summed E-state index contributed by atoms with van der Waals surface area (Å²) in [5, 5.41) is 2.80. The maximum absolute atomic E-state index is 12.2. The molecular formula is C21H27NO2S. The Kier molecular flexibility index (Phi) is 7.86. The quantitative estimate of drug-likeness (QED) is 0.525. The van der Waals surface area contributed by atoms with Crippen molar-refractivity contribution in [3.8, 4) is 5.75 Å². The molecule has 1 atom stereocenters. The van der Waals surface area contributed by atoms with Gasteiger partial charge in [-0.3, -0.25) is 4.79 Å². The number of nitrogens with one attached hydrogen (secondary N) is 1. The molecule has 134 valence electrons. The van der Waals surface area contributed by atoms with E-state index in [1.54, 1.807) is 11.8 Å². The van der Waals surface area contributed by atoms with Crippen molar-refractivity contribution >= 4 is 17.7 Å². The highest BCUT2D eigenvalue weighted by molar-refractivity contribution is 8.00. The lowest BCUT2D eigenvalue weighted by molar-refractivity contribution is -0.120. The number of aryl methyl sites for hydroxylation is 2. The molecule has 0 heterocycles. The second-order valence-electron chi connectivity index (χ2n) is 6.11. The minimum atomic E-state index is -0.129. The van der Waals surface area contributed by atoms with Crippen molar-refractivity contribution in [2.75, 3.05) is 13.2 Å². The Hall–Kier alpha value is -1.94. The lowest BCUT2D eigenvalue weighted by Crippen LogP contribution is -2.33. The summed E-state index contributed by atoms with van der Waals surface area (Å²) in [6, 6.07) is 16.4. The summed E-state index contributed by atoms with van der Waals surface area (Å²) in [4.78, 5) is 13.3. The fourth-order valence-electron chi connectivity index (χ4n) is 2.40. The average molecular weight is 358 g/mol. The number of benzene rings is 2. The van der Waals surface area contributed by atoms with Gasteiger partial charge >= 0.3 is 0 Å². The molecule has 3 nitrogen and oxygen atoms in total. The second-order valence-corrected chi connectivity index (χ2v) is 7.52. The third kappa shape index (κ3) is 6.83. The third-order valence-corrected chi connectivity index (χ3v) is 4.95. The minimum absolute atomic E-state index is 0.0347. The largest absolute Gasteiger partial charge is 0.492 e. The van der Waals surface area contributed by atoms with Gasteiger partial charge in [0.15, 0.2) is 0 Å². The topological polar surface area (TPSA) is 38.3 Å². The van der Waals surface area contributed by atoms with Gasteiger partial charge in [0, 0.05) is 4.90 Å². The number of thioether (sulfide) groups is 1. The molecule has 0 spiro atoms. The summed E-state index contributed by atoms with van der Waals surface area (Å²) in [5.41, 5.74) is 2.55. The maximum atomic E-state index is 12.2. The highest BCUT2D eigenvalue weighted by Crippen LogP contribution is 2.23. The van der Waals surface area contributed by atoms with Gasteiger partial charge in [0.05, 0.1) is 11.8 Å². The molecule has 0 aliphatic rings. The summed E-state index contributed by atoms with van der Waals surface area (Å²) >= 11 is 1.57. The first-order valence-electron chi connectivity index (χ1n) is 8.81. The zero-order valence-corrected chi connectivity index (χ0v) is 16.1. The van der Waals surface area contributed by atoms with Crippen LogP contribution in [0.2, 0.25) is 0 Å². The van der Waals surface area contributed by atoms with Crippen molar-refractivity contribution in [2.45, 2.75) is 43.8 Å². The third-order valence-electron chi connectivity index (χ3n) is 3.84. The van der Waals surface area contributed by atoms with Gasteiger partial charge in [0.2, 0.25) is 5.91 Å². The first-order valence-corrected chi connectivity index (χ1v) is 9.69. The van der Waals surface area contributed by atoms with E-state index in [9.17, 15) is 4.79 Å². The van der Waals surface area contributed by atoms with Gasteiger partial charge in [-0.25, -0.2) is 0 Å². The Labute approximate surface area is 155 Å². The molecule has 1 unspecified atom stereocenters. The molecule has 1 N–H and O–H groups in total. The summed E-state index contributed by atoms with van der Waals surface area (Å²) < 4.78 is 5.68. The van der Waals surface area contributed by atoms with E-state index >= 15 is 0 Å². The Morgan fingerprint density at radius 3 is 2.44 bits per heavy atom. The molecule has 0 bridgehead atoms. The Balaban J connectivity index is 1.68. The second kappa shape index (κ2) is 10.1. The van der Waals surface area contributed by atoms with E-state index in [0.29, 0.717) is 13.2 Å². The van der Waals surface area contributed by atoms with Crippen LogP contribution in [-0.4, -0.2) is 24.3 Å². The van der Waals surface area contributed by atoms with Gasteiger partial charge < -0.3 is 10.1 Å². The molecule has 2 aromatic rings. The summed E-state index contributed by atoms with van der Waals surface area (Å²) in [5.74, 6) is 0.878. The molecule has 2 aromatic carbocycles. The van der Waals surface area contributed by atoms with E-state index in [1.807, 2.05) is 19.1 Å². The summed E-state index contributed by atoms with van der Waals surface area (Å²) in [6.07, 6.45) is 2.23.